The first kappa shape index (κ1) is 16.0. The molecule has 1 aromatic carbocycles. The summed E-state index contributed by atoms with van der Waals surface area (Å²) in [5.74, 6) is 0.0452. The molecule has 0 N–H and O–H groups in total. The monoisotopic (exact) mass is 328 g/mol. The zero-order valence-corrected chi connectivity index (χ0v) is 14.0. The summed E-state index contributed by atoms with van der Waals surface area (Å²) in [7, 11) is 0. The van der Waals surface area contributed by atoms with Crippen molar-refractivity contribution >= 4 is 17.7 Å². The minimum absolute atomic E-state index is 0.0452. The van der Waals surface area contributed by atoms with Crippen molar-refractivity contribution < 1.29 is 9.53 Å². The van der Waals surface area contributed by atoms with Gasteiger partial charge in [-0.25, -0.2) is 4.98 Å². The van der Waals surface area contributed by atoms with E-state index in [2.05, 4.69) is 17.1 Å². The van der Waals surface area contributed by atoms with Crippen molar-refractivity contribution in [2.45, 2.75) is 17.6 Å². The predicted octanol–water partition coefficient (Wildman–Crippen LogP) is 2.89. The number of morpholine rings is 1. The maximum atomic E-state index is 12.8. The Labute approximate surface area is 140 Å². The number of amides is 1. The van der Waals surface area contributed by atoms with E-state index in [1.54, 1.807) is 6.20 Å². The van der Waals surface area contributed by atoms with Crippen LogP contribution in [-0.2, 0) is 11.2 Å². The van der Waals surface area contributed by atoms with Crippen LogP contribution in [0.4, 0.5) is 0 Å². The fourth-order valence-corrected chi connectivity index (χ4v) is 3.33. The largest absolute Gasteiger partial charge is 0.374 e. The summed E-state index contributed by atoms with van der Waals surface area (Å²) in [4.78, 5) is 19.0. The molecule has 5 heteroatoms. The van der Waals surface area contributed by atoms with E-state index in [0.717, 1.165) is 11.4 Å². The van der Waals surface area contributed by atoms with E-state index in [0.29, 0.717) is 25.3 Å². The van der Waals surface area contributed by atoms with Crippen molar-refractivity contribution in [3.8, 4) is 0 Å². The third kappa shape index (κ3) is 3.92. The first-order chi connectivity index (χ1) is 11.3. The fourth-order valence-electron chi connectivity index (χ4n) is 2.79. The van der Waals surface area contributed by atoms with Gasteiger partial charge in [0, 0.05) is 25.7 Å². The second-order valence-corrected chi connectivity index (χ2v) is 6.29. The van der Waals surface area contributed by atoms with Gasteiger partial charge in [-0.2, -0.15) is 0 Å². The van der Waals surface area contributed by atoms with Crippen LogP contribution in [0.15, 0.2) is 53.7 Å². The van der Waals surface area contributed by atoms with Crippen LogP contribution in [0.25, 0.3) is 0 Å². The molecule has 4 nitrogen and oxygen atoms in total. The van der Waals surface area contributed by atoms with Gasteiger partial charge in [-0.15, -0.1) is 11.8 Å². The molecule has 1 saturated heterocycles. The van der Waals surface area contributed by atoms with E-state index < -0.39 is 0 Å². The van der Waals surface area contributed by atoms with Gasteiger partial charge in [0.05, 0.1) is 18.3 Å². The predicted molar refractivity (Wildman–Crippen MR) is 91.8 cm³/mol. The molecule has 2 heterocycles. The van der Waals surface area contributed by atoms with Gasteiger partial charge in [0.2, 0.25) is 0 Å². The van der Waals surface area contributed by atoms with E-state index in [4.69, 9.17) is 4.74 Å². The first-order valence-corrected chi connectivity index (χ1v) is 8.94. The Bertz CT molecular complexity index is 663. The van der Waals surface area contributed by atoms with Crippen LogP contribution in [0.3, 0.4) is 0 Å². The van der Waals surface area contributed by atoms with Gasteiger partial charge in [-0.3, -0.25) is 4.79 Å². The zero-order valence-electron chi connectivity index (χ0n) is 13.1. The molecule has 1 aromatic heterocycles. The lowest BCUT2D eigenvalue weighted by Crippen LogP contribution is -2.46. The number of nitrogens with zero attached hydrogens (tertiary/aromatic N) is 2. The summed E-state index contributed by atoms with van der Waals surface area (Å²) in [5, 5.41) is 0.781. The number of aromatic nitrogens is 1. The van der Waals surface area contributed by atoms with Gasteiger partial charge in [0.1, 0.15) is 5.03 Å². The Balaban J connectivity index is 1.69. The van der Waals surface area contributed by atoms with Gasteiger partial charge >= 0.3 is 0 Å². The molecule has 0 saturated carbocycles. The van der Waals surface area contributed by atoms with Crippen molar-refractivity contribution in [2.24, 2.45) is 0 Å². The number of thioether (sulfide) groups is 1. The van der Waals surface area contributed by atoms with Crippen molar-refractivity contribution in [3.63, 3.8) is 0 Å². The summed E-state index contributed by atoms with van der Waals surface area (Å²) < 4.78 is 5.84. The molecule has 1 fully saturated rings. The Morgan fingerprint density at radius 1 is 1.30 bits per heavy atom. The average Bonchev–Trinajstić information content (AvgIpc) is 2.62. The quantitative estimate of drug-likeness (QED) is 0.810. The molecule has 3 rings (SSSR count). The van der Waals surface area contributed by atoms with E-state index in [1.807, 2.05) is 41.5 Å². The Kier molecular flexibility index (Phi) is 5.31. The maximum Gasteiger partial charge on any atom is 0.256 e. The molecule has 0 unspecified atom stereocenters. The molecule has 1 amide bonds. The lowest BCUT2D eigenvalue weighted by Gasteiger charge is -2.33. The zero-order chi connectivity index (χ0) is 16.1. The lowest BCUT2D eigenvalue weighted by molar-refractivity contribution is -0.0209. The summed E-state index contributed by atoms with van der Waals surface area (Å²) in [6, 6.07) is 13.9. The first-order valence-electron chi connectivity index (χ1n) is 7.71. The molecule has 2 aromatic rings. The van der Waals surface area contributed by atoms with Crippen molar-refractivity contribution in [2.75, 3.05) is 26.0 Å². The average molecular weight is 328 g/mol. The number of benzene rings is 1. The highest BCUT2D eigenvalue weighted by Gasteiger charge is 2.26. The number of ether oxygens (including phenoxy) is 1. The van der Waals surface area contributed by atoms with Crippen LogP contribution in [0.1, 0.15) is 15.9 Å². The number of rotatable bonds is 4. The normalized spacial score (nSPS) is 18.0. The highest BCUT2D eigenvalue weighted by atomic mass is 32.2. The number of pyridine rings is 1. The third-order valence-corrected chi connectivity index (χ3v) is 4.64. The molecule has 0 aliphatic carbocycles. The summed E-state index contributed by atoms with van der Waals surface area (Å²) in [5.41, 5.74) is 1.92. The van der Waals surface area contributed by atoms with E-state index in [9.17, 15) is 4.79 Å². The van der Waals surface area contributed by atoms with Crippen molar-refractivity contribution in [1.29, 1.82) is 0 Å². The van der Waals surface area contributed by atoms with Crippen LogP contribution in [0.5, 0.6) is 0 Å². The number of hydrogen-bond donors (Lipinski definition) is 0. The molecular weight excluding hydrogens is 308 g/mol. The molecule has 0 bridgehead atoms. The SMILES string of the molecule is CSc1ncccc1C(=O)N1CCO[C@@H](Cc2ccccc2)C1. The molecule has 0 radical (unpaired) electrons. The molecular formula is C18H20N2O2S. The van der Waals surface area contributed by atoms with Gasteiger partial charge in [0.15, 0.2) is 0 Å². The lowest BCUT2D eigenvalue weighted by atomic mass is 10.1. The molecule has 23 heavy (non-hydrogen) atoms. The summed E-state index contributed by atoms with van der Waals surface area (Å²) in [6.07, 6.45) is 4.54. The Morgan fingerprint density at radius 2 is 2.13 bits per heavy atom. The molecule has 120 valence electrons. The van der Waals surface area contributed by atoms with Gasteiger partial charge < -0.3 is 9.64 Å². The van der Waals surface area contributed by atoms with Crippen molar-refractivity contribution in [3.05, 3.63) is 59.8 Å². The number of carbonyl (C=O) groups excluding carboxylic acids is 1. The highest BCUT2D eigenvalue weighted by Crippen LogP contribution is 2.20. The standard InChI is InChI=1S/C18H20N2O2S/c1-23-17-16(8-5-9-19-17)18(21)20-10-11-22-15(13-20)12-14-6-3-2-4-7-14/h2-9,15H,10-13H2,1H3/t15-/m0/s1. The van der Waals surface area contributed by atoms with Crippen LogP contribution in [0, 0.1) is 0 Å². The summed E-state index contributed by atoms with van der Waals surface area (Å²) >= 11 is 1.50. The highest BCUT2D eigenvalue weighted by molar-refractivity contribution is 7.98. The minimum Gasteiger partial charge on any atom is -0.374 e. The third-order valence-electron chi connectivity index (χ3n) is 3.93. The van der Waals surface area contributed by atoms with Crippen LogP contribution >= 0.6 is 11.8 Å². The van der Waals surface area contributed by atoms with Crippen LogP contribution in [0.2, 0.25) is 0 Å². The second kappa shape index (κ2) is 7.62. The minimum atomic E-state index is 0.0452. The molecule has 0 spiro atoms. The molecule has 1 atom stereocenters. The fraction of sp³-hybridized carbons (Fsp3) is 0.333. The van der Waals surface area contributed by atoms with Gasteiger partial charge in [-0.1, -0.05) is 30.3 Å². The topological polar surface area (TPSA) is 42.4 Å². The van der Waals surface area contributed by atoms with Gasteiger partial charge in [-0.05, 0) is 24.0 Å². The van der Waals surface area contributed by atoms with Crippen molar-refractivity contribution in [1.82, 2.24) is 9.88 Å². The summed E-state index contributed by atoms with van der Waals surface area (Å²) in [6.45, 7) is 1.83. The van der Waals surface area contributed by atoms with Crippen LogP contribution < -0.4 is 0 Å². The Hall–Kier alpha value is -1.85. The van der Waals surface area contributed by atoms with E-state index in [1.165, 1.54) is 17.3 Å². The van der Waals surface area contributed by atoms with E-state index in [-0.39, 0.29) is 12.0 Å². The van der Waals surface area contributed by atoms with E-state index >= 15 is 0 Å². The van der Waals surface area contributed by atoms with Crippen LogP contribution in [-0.4, -0.2) is 47.8 Å². The number of hydrogen-bond acceptors (Lipinski definition) is 4. The number of carbonyl (C=O) groups is 1. The smallest absolute Gasteiger partial charge is 0.256 e. The molecule has 1 aliphatic heterocycles. The maximum absolute atomic E-state index is 12.8. The van der Waals surface area contributed by atoms with Gasteiger partial charge in [0.25, 0.3) is 5.91 Å². The second-order valence-electron chi connectivity index (χ2n) is 5.49. The molecule has 1 aliphatic rings. The Morgan fingerprint density at radius 3 is 2.91 bits per heavy atom.